The molecule has 0 atom stereocenters. The molecule has 0 saturated carbocycles. The maximum absolute atomic E-state index is 12.5. The summed E-state index contributed by atoms with van der Waals surface area (Å²) in [5.74, 6) is -0.134. The van der Waals surface area contributed by atoms with Crippen LogP contribution in [0, 0.1) is 0 Å². The van der Waals surface area contributed by atoms with Crippen LogP contribution in [0.3, 0.4) is 0 Å². The quantitative estimate of drug-likeness (QED) is 0.840. The van der Waals surface area contributed by atoms with Crippen molar-refractivity contribution in [3.05, 3.63) is 33.6 Å². The van der Waals surface area contributed by atoms with Crippen LogP contribution in [-0.4, -0.2) is 29.1 Å². The third-order valence-corrected chi connectivity index (χ3v) is 4.31. The number of imidazole rings is 1. The van der Waals surface area contributed by atoms with E-state index in [0.29, 0.717) is 6.61 Å². The Bertz CT molecular complexity index is 598. The highest BCUT2D eigenvalue weighted by molar-refractivity contribution is 7.14. The smallest absolute Gasteiger partial charge is 0.294 e. The van der Waals surface area contributed by atoms with Crippen LogP contribution in [0.1, 0.15) is 17.5 Å². The van der Waals surface area contributed by atoms with Crippen molar-refractivity contribution in [2.24, 2.45) is 0 Å². The van der Waals surface area contributed by atoms with Crippen LogP contribution in [0.25, 0.3) is 0 Å². The molecule has 0 bridgehead atoms. The van der Waals surface area contributed by atoms with Gasteiger partial charge < -0.3 is 9.64 Å². The summed E-state index contributed by atoms with van der Waals surface area (Å²) in [7, 11) is 1.68. The van der Waals surface area contributed by atoms with Gasteiger partial charge in [0.25, 0.3) is 5.91 Å². The second-order valence-corrected chi connectivity index (χ2v) is 5.52. The first-order valence-corrected chi connectivity index (χ1v) is 7.50. The molecule has 0 N–H and O–H groups in total. The summed E-state index contributed by atoms with van der Waals surface area (Å²) in [4.78, 5) is 18.0. The van der Waals surface area contributed by atoms with Crippen LogP contribution in [0.15, 0.2) is 17.5 Å². The summed E-state index contributed by atoms with van der Waals surface area (Å²) < 4.78 is 6.74. The van der Waals surface area contributed by atoms with Crippen LogP contribution >= 0.6 is 34.5 Å². The summed E-state index contributed by atoms with van der Waals surface area (Å²) in [6.07, 6.45) is 0. The molecule has 2 heterocycles. The van der Waals surface area contributed by atoms with Crippen molar-refractivity contribution < 1.29 is 9.53 Å². The van der Waals surface area contributed by atoms with Gasteiger partial charge in [-0.3, -0.25) is 9.36 Å². The van der Waals surface area contributed by atoms with Crippen molar-refractivity contribution in [3.8, 4) is 0 Å². The SMILES string of the molecule is CCOCn1c(C(=O)N(C)c2cccs2)nc(Cl)c1Cl. The van der Waals surface area contributed by atoms with E-state index in [0.717, 1.165) is 5.00 Å². The number of thiophene rings is 1. The molecule has 5 nitrogen and oxygen atoms in total. The fraction of sp³-hybridized carbons (Fsp3) is 0.333. The largest absolute Gasteiger partial charge is 0.361 e. The number of anilines is 1. The molecular formula is C12H13Cl2N3O2S. The summed E-state index contributed by atoms with van der Waals surface area (Å²) in [5.41, 5.74) is 0. The van der Waals surface area contributed by atoms with Crippen molar-refractivity contribution in [2.75, 3.05) is 18.6 Å². The highest BCUT2D eigenvalue weighted by Gasteiger charge is 2.24. The Morgan fingerprint density at radius 3 is 2.90 bits per heavy atom. The molecule has 2 aromatic rings. The molecule has 0 aliphatic rings. The summed E-state index contributed by atoms with van der Waals surface area (Å²) in [6.45, 7) is 2.49. The molecule has 0 spiro atoms. The Hall–Kier alpha value is -1.08. The van der Waals surface area contributed by atoms with Gasteiger partial charge in [-0.2, -0.15) is 0 Å². The molecule has 8 heteroatoms. The van der Waals surface area contributed by atoms with E-state index in [1.807, 2.05) is 24.4 Å². The molecule has 0 fully saturated rings. The lowest BCUT2D eigenvalue weighted by Gasteiger charge is -2.15. The van der Waals surface area contributed by atoms with Crippen LogP contribution in [0.2, 0.25) is 10.3 Å². The normalized spacial score (nSPS) is 10.8. The maximum Gasteiger partial charge on any atom is 0.294 e. The van der Waals surface area contributed by atoms with Crippen molar-refractivity contribution in [3.63, 3.8) is 0 Å². The van der Waals surface area contributed by atoms with Crippen LogP contribution in [0.5, 0.6) is 0 Å². The van der Waals surface area contributed by atoms with E-state index in [1.165, 1.54) is 20.8 Å². The Labute approximate surface area is 130 Å². The van der Waals surface area contributed by atoms with E-state index in [1.54, 1.807) is 7.05 Å². The molecule has 0 aliphatic carbocycles. The van der Waals surface area contributed by atoms with Crippen LogP contribution in [0.4, 0.5) is 5.00 Å². The van der Waals surface area contributed by atoms with Gasteiger partial charge in [0.15, 0.2) is 5.15 Å². The number of carbonyl (C=O) groups excluding carboxylic acids is 1. The zero-order chi connectivity index (χ0) is 14.7. The minimum Gasteiger partial charge on any atom is -0.361 e. The third kappa shape index (κ3) is 2.98. The highest BCUT2D eigenvalue weighted by atomic mass is 35.5. The van der Waals surface area contributed by atoms with Gasteiger partial charge in [0.2, 0.25) is 5.82 Å². The first kappa shape index (κ1) is 15.3. The van der Waals surface area contributed by atoms with Gasteiger partial charge in [-0.25, -0.2) is 4.98 Å². The molecule has 0 radical (unpaired) electrons. The van der Waals surface area contributed by atoms with E-state index < -0.39 is 0 Å². The molecule has 0 saturated heterocycles. The third-order valence-electron chi connectivity index (χ3n) is 2.62. The zero-order valence-corrected chi connectivity index (χ0v) is 13.3. The lowest BCUT2D eigenvalue weighted by Crippen LogP contribution is -2.29. The van der Waals surface area contributed by atoms with Crippen molar-refractivity contribution in [1.29, 1.82) is 0 Å². The standard InChI is InChI=1S/C12H13Cl2N3O2S/c1-3-19-7-17-10(14)9(13)15-11(17)12(18)16(2)8-5-4-6-20-8/h4-6H,3,7H2,1-2H3. The van der Waals surface area contributed by atoms with E-state index in [-0.39, 0.29) is 28.8 Å². The molecule has 0 unspecified atom stereocenters. The van der Waals surface area contributed by atoms with E-state index >= 15 is 0 Å². The van der Waals surface area contributed by atoms with Crippen molar-refractivity contribution >= 4 is 45.4 Å². The molecule has 0 aromatic carbocycles. The van der Waals surface area contributed by atoms with E-state index in [2.05, 4.69) is 4.98 Å². The Balaban J connectivity index is 2.31. The highest BCUT2D eigenvalue weighted by Crippen LogP contribution is 2.26. The summed E-state index contributed by atoms with van der Waals surface area (Å²) in [5, 5.41) is 3.00. The van der Waals surface area contributed by atoms with Gasteiger partial charge in [0.1, 0.15) is 11.9 Å². The molecular weight excluding hydrogens is 321 g/mol. The number of hydrogen-bond donors (Lipinski definition) is 0. The lowest BCUT2D eigenvalue weighted by atomic mass is 10.4. The molecule has 2 rings (SSSR count). The van der Waals surface area contributed by atoms with Crippen molar-refractivity contribution in [1.82, 2.24) is 9.55 Å². The van der Waals surface area contributed by atoms with E-state index in [9.17, 15) is 4.79 Å². The van der Waals surface area contributed by atoms with E-state index in [4.69, 9.17) is 27.9 Å². The van der Waals surface area contributed by atoms with Gasteiger partial charge in [-0.15, -0.1) is 11.3 Å². The Morgan fingerprint density at radius 1 is 1.55 bits per heavy atom. The number of halogens is 2. The topological polar surface area (TPSA) is 47.4 Å². The fourth-order valence-electron chi connectivity index (χ4n) is 1.58. The average Bonchev–Trinajstić information content (AvgIpc) is 3.06. The molecule has 0 aliphatic heterocycles. The van der Waals surface area contributed by atoms with Gasteiger partial charge in [-0.1, -0.05) is 23.2 Å². The van der Waals surface area contributed by atoms with Gasteiger partial charge in [0.05, 0.1) is 5.00 Å². The first-order chi connectivity index (χ1) is 9.56. The maximum atomic E-state index is 12.5. The van der Waals surface area contributed by atoms with Gasteiger partial charge in [0, 0.05) is 13.7 Å². The zero-order valence-electron chi connectivity index (χ0n) is 11.0. The predicted octanol–water partition coefficient (Wildman–Crippen LogP) is 3.52. The number of amides is 1. The van der Waals surface area contributed by atoms with Crippen LogP contribution < -0.4 is 4.90 Å². The second-order valence-electron chi connectivity index (χ2n) is 3.88. The number of nitrogens with zero attached hydrogens (tertiary/aromatic N) is 3. The summed E-state index contributed by atoms with van der Waals surface area (Å²) >= 11 is 13.4. The Kier molecular flexibility index (Phi) is 5.04. The second kappa shape index (κ2) is 6.58. The molecule has 108 valence electrons. The number of aromatic nitrogens is 2. The monoisotopic (exact) mass is 333 g/mol. The predicted molar refractivity (Wildman–Crippen MR) is 80.9 cm³/mol. The fourth-order valence-corrected chi connectivity index (χ4v) is 2.63. The number of hydrogen-bond acceptors (Lipinski definition) is 4. The number of ether oxygens (including phenoxy) is 1. The first-order valence-electron chi connectivity index (χ1n) is 5.87. The molecule has 20 heavy (non-hydrogen) atoms. The minimum absolute atomic E-state index is 0.0919. The van der Waals surface area contributed by atoms with Crippen LogP contribution in [-0.2, 0) is 11.5 Å². The molecule has 1 amide bonds. The average molecular weight is 334 g/mol. The van der Waals surface area contributed by atoms with Gasteiger partial charge in [-0.05, 0) is 24.4 Å². The van der Waals surface area contributed by atoms with Crippen molar-refractivity contribution in [2.45, 2.75) is 13.7 Å². The number of rotatable bonds is 5. The van der Waals surface area contributed by atoms with Gasteiger partial charge >= 0.3 is 0 Å². The summed E-state index contributed by atoms with van der Waals surface area (Å²) in [6, 6.07) is 3.72. The number of carbonyl (C=O) groups is 1. The molecule has 2 aromatic heterocycles. The Morgan fingerprint density at radius 2 is 2.30 bits per heavy atom. The minimum atomic E-state index is -0.291. The lowest BCUT2D eigenvalue weighted by molar-refractivity contribution is 0.0805.